The van der Waals surface area contributed by atoms with Crippen LogP contribution in [-0.4, -0.2) is 62.9 Å². The number of hydrogen-bond acceptors (Lipinski definition) is 8. The molecule has 2 aromatic rings. The Morgan fingerprint density at radius 3 is 2.74 bits per heavy atom. The van der Waals surface area contributed by atoms with Crippen LogP contribution in [0, 0.1) is 0 Å². The van der Waals surface area contributed by atoms with Crippen molar-refractivity contribution in [2.45, 2.75) is 35.8 Å². The molecule has 1 aliphatic heterocycles. The van der Waals surface area contributed by atoms with E-state index >= 15 is 0 Å². The molecule has 1 N–H and O–H groups in total. The Hall–Kier alpha value is -1.33. The number of thiophene rings is 1. The van der Waals surface area contributed by atoms with Crippen LogP contribution in [0.5, 0.6) is 0 Å². The van der Waals surface area contributed by atoms with Crippen LogP contribution in [0.3, 0.4) is 0 Å². The van der Waals surface area contributed by atoms with Gasteiger partial charge in [0.15, 0.2) is 0 Å². The minimum atomic E-state index is -3.54. The second-order valence-electron chi connectivity index (χ2n) is 6.90. The van der Waals surface area contributed by atoms with Crippen molar-refractivity contribution in [1.82, 2.24) is 19.8 Å². The van der Waals surface area contributed by atoms with E-state index in [-0.39, 0.29) is 4.21 Å². The summed E-state index contributed by atoms with van der Waals surface area (Å²) in [7, 11) is -3.54. The molecule has 0 unspecified atom stereocenters. The first-order valence-electron chi connectivity index (χ1n) is 9.35. The number of hydrogen-bond donors (Lipinski definition) is 1. The van der Waals surface area contributed by atoms with Crippen molar-refractivity contribution in [3.8, 4) is 10.8 Å². The Balaban J connectivity index is 1.37. The lowest BCUT2D eigenvalue weighted by Crippen LogP contribution is -2.41. The van der Waals surface area contributed by atoms with Gasteiger partial charge in [-0.2, -0.15) is 0 Å². The van der Waals surface area contributed by atoms with Crippen molar-refractivity contribution in [3.05, 3.63) is 18.0 Å². The molecule has 0 bridgehead atoms. The van der Waals surface area contributed by atoms with Crippen molar-refractivity contribution < 1.29 is 17.6 Å². The van der Waals surface area contributed by atoms with Crippen molar-refractivity contribution in [2.24, 2.45) is 0 Å². The molecule has 4 rings (SSSR count). The van der Waals surface area contributed by atoms with E-state index in [1.165, 1.54) is 12.8 Å². The molecular weight excluding hydrogens is 388 g/mol. The highest BCUT2D eigenvalue weighted by atomic mass is 32.2. The first-order chi connectivity index (χ1) is 13.1. The highest BCUT2D eigenvalue weighted by Gasteiger charge is 2.24. The van der Waals surface area contributed by atoms with Crippen LogP contribution < -0.4 is 4.72 Å². The third-order valence-electron chi connectivity index (χ3n) is 5.03. The topological polar surface area (TPSA) is 97.6 Å². The molecule has 2 aromatic heterocycles. The van der Waals surface area contributed by atoms with Crippen LogP contribution in [0.4, 0.5) is 0 Å². The molecule has 0 radical (unpaired) electrons. The smallest absolute Gasteiger partial charge is 0.257 e. The van der Waals surface area contributed by atoms with E-state index in [1.807, 2.05) is 0 Å². The van der Waals surface area contributed by atoms with Gasteiger partial charge in [0.1, 0.15) is 4.21 Å². The average Bonchev–Trinajstić information content (AvgIpc) is 3.42. The number of sulfonamides is 1. The third kappa shape index (κ3) is 4.57. The summed E-state index contributed by atoms with van der Waals surface area (Å²) in [6.45, 7) is 4.13. The van der Waals surface area contributed by atoms with E-state index in [4.69, 9.17) is 9.15 Å². The number of morpholine rings is 1. The number of aromatic nitrogens is 2. The Morgan fingerprint density at radius 2 is 1.96 bits per heavy atom. The number of ether oxygens (including phenoxy) is 1. The zero-order valence-electron chi connectivity index (χ0n) is 15.1. The van der Waals surface area contributed by atoms with Crippen LogP contribution in [0.25, 0.3) is 10.8 Å². The summed E-state index contributed by atoms with van der Waals surface area (Å²) in [5.74, 6) is 1.41. The predicted molar refractivity (Wildman–Crippen MR) is 101 cm³/mol. The van der Waals surface area contributed by atoms with Crippen molar-refractivity contribution in [3.63, 3.8) is 0 Å². The molecule has 1 saturated carbocycles. The third-order valence-corrected chi connectivity index (χ3v) is 8.05. The van der Waals surface area contributed by atoms with E-state index in [2.05, 4.69) is 19.8 Å². The number of nitrogens with one attached hydrogen (secondary N) is 1. The molecule has 8 nitrogen and oxygen atoms in total. The van der Waals surface area contributed by atoms with E-state index in [0.717, 1.165) is 37.3 Å². The molecule has 0 spiro atoms. The normalized spacial score (nSPS) is 19.7. The van der Waals surface area contributed by atoms with Crippen LogP contribution in [0.15, 0.2) is 20.8 Å². The largest absolute Gasteiger partial charge is 0.420 e. The van der Waals surface area contributed by atoms with Gasteiger partial charge >= 0.3 is 0 Å². The summed E-state index contributed by atoms with van der Waals surface area (Å²) >= 11 is 1.15. The highest BCUT2D eigenvalue weighted by molar-refractivity contribution is 7.91. The fourth-order valence-electron chi connectivity index (χ4n) is 3.49. The Labute approximate surface area is 163 Å². The first-order valence-corrected chi connectivity index (χ1v) is 11.7. The fraction of sp³-hybridized carbons (Fsp3) is 0.647. The SMILES string of the molecule is O=S(=O)(NCCN1CCOCC1)c1ccc(-c2nnc(C3CCCC3)o2)s1. The van der Waals surface area contributed by atoms with Crippen LogP contribution >= 0.6 is 11.3 Å². The molecule has 148 valence electrons. The van der Waals surface area contributed by atoms with Crippen molar-refractivity contribution >= 4 is 21.4 Å². The van der Waals surface area contributed by atoms with Gasteiger partial charge < -0.3 is 9.15 Å². The molecule has 1 saturated heterocycles. The van der Waals surface area contributed by atoms with Crippen LogP contribution in [-0.2, 0) is 14.8 Å². The molecule has 1 aliphatic carbocycles. The Morgan fingerprint density at radius 1 is 1.19 bits per heavy atom. The number of rotatable bonds is 7. The van der Waals surface area contributed by atoms with Crippen molar-refractivity contribution in [2.75, 3.05) is 39.4 Å². The Kier molecular flexibility index (Phi) is 5.88. The van der Waals surface area contributed by atoms with Gasteiger partial charge in [0, 0.05) is 32.1 Å². The molecule has 27 heavy (non-hydrogen) atoms. The van der Waals surface area contributed by atoms with Gasteiger partial charge in [-0.25, -0.2) is 13.1 Å². The van der Waals surface area contributed by atoms with Gasteiger partial charge in [-0.15, -0.1) is 21.5 Å². The summed E-state index contributed by atoms with van der Waals surface area (Å²) in [5, 5.41) is 8.27. The maximum absolute atomic E-state index is 12.5. The van der Waals surface area contributed by atoms with E-state index in [1.54, 1.807) is 12.1 Å². The number of nitrogens with zero attached hydrogens (tertiary/aromatic N) is 3. The lowest BCUT2D eigenvalue weighted by molar-refractivity contribution is 0.0390. The van der Waals surface area contributed by atoms with Gasteiger partial charge in [-0.05, 0) is 25.0 Å². The van der Waals surface area contributed by atoms with Crippen LogP contribution in [0.1, 0.15) is 37.5 Å². The van der Waals surface area contributed by atoms with Crippen LogP contribution in [0.2, 0.25) is 0 Å². The average molecular weight is 413 g/mol. The lowest BCUT2D eigenvalue weighted by Gasteiger charge is -2.26. The van der Waals surface area contributed by atoms with Crippen molar-refractivity contribution in [1.29, 1.82) is 0 Å². The van der Waals surface area contributed by atoms with Gasteiger partial charge in [0.2, 0.25) is 15.9 Å². The molecular formula is C17H24N4O4S2. The maximum atomic E-state index is 12.5. The predicted octanol–water partition coefficient (Wildman–Crippen LogP) is 2.07. The Bertz CT molecular complexity index is 852. The van der Waals surface area contributed by atoms with E-state index in [0.29, 0.717) is 48.9 Å². The van der Waals surface area contributed by atoms with Gasteiger partial charge in [-0.1, -0.05) is 12.8 Å². The van der Waals surface area contributed by atoms with Gasteiger partial charge in [0.05, 0.1) is 18.1 Å². The molecule has 0 atom stereocenters. The summed E-state index contributed by atoms with van der Waals surface area (Å²) in [5.41, 5.74) is 0. The highest BCUT2D eigenvalue weighted by Crippen LogP contribution is 2.36. The first kappa shape index (κ1) is 19.0. The minimum absolute atomic E-state index is 0.264. The zero-order chi connectivity index (χ0) is 18.7. The summed E-state index contributed by atoms with van der Waals surface area (Å²) < 4.78 is 39.1. The summed E-state index contributed by atoms with van der Waals surface area (Å²) in [6, 6.07) is 3.32. The van der Waals surface area contributed by atoms with E-state index < -0.39 is 10.0 Å². The molecule has 2 fully saturated rings. The summed E-state index contributed by atoms with van der Waals surface area (Å²) in [6.07, 6.45) is 4.55. The molecule has 10 heteroatoms. The molecule has 3 heterocycles. The van der Waals surface area contributed by atoms with E-state index in [9.17, 15) is 8.42 Å². The zero-order valence-corrected chi connectivity index (χ0v) is 16.7. The van der Waals surface area contributed by atoms with Gasteiger partial charge in [0.25, 0.3) is 5.89 Å². The second kappa shape index (κ2) is 8.36. The van der Waals surface area contributed by atoms with Gasteiger partial charge in [-0.3, -0.25) is 4.90 Å². The lowest BCUT2D eigenvalue weighted by atomic mass is 10.1. The standard InChI is InChI=1S/C17H24N4O4S2/c22-27(23,18-7-8-21-9-11-24-12-10-21)15-6-5-14(26-15)17-20-19-16(25-17)13-3-1-2-4-13/h5-6,13,18H,1-4,7-12H2. The quantitative estimate of drug-likeness (QED) is 0.743. The monoisotopic (exact) mass is 412 g/mol. The fourth-order valence-corrected chi connectivity index (χ4v) is 5.78. The minimum Gasteiger partial charge on any atom is -0.420 e. The molecule has 0 aromatic carbocycles. The summed E-state index contributed by atoms with van der Waals surface area (Å²) in [4.78, 5) is 2.87. The molecule has 2 aliphatic rings. The second-order valence-corrected chi connectivity index (χ2v) is 9.97. The maximum Gasteiger partial charge on any atom is 0.257 e. The molecule has 0 amide bonds.